The smallest absolute Gasteiger partial charge is 0.276 e. The summed E-state index contributed by atoms with van der Waals surface area (Å²) in [4.78, 5) is 0. The first-order valence-corrected chi connectivity index (χ1v) is 3.34. The average Bonchev–Trinajstić information content (AvgIpc) is 2.14. The lowest BCUT2D eigenvalue weighted by molar-refractivity contribution is -0.677. The van der Waals surface area contributed by atoms with Crippen LogP contribution < -0.4 is 22.0 Å². The summed E-state index contributed by atoms with van der Waals surface area (Å²) in [7, 11) is 6.08. The van der Waals surface area contributed by atoms with E-state index in [4.69, 9.17) is 0 Å². The molecule has 1 aromatic heterocycles. The van der Waals surface area contributed by atoms with Gasteiger partial charge < -0.3 is 12.4 Å². The number of aryl methyl sites for hydroxylation is 1. The van der Waals surface area contributed by atoms with Crippen molar-refractivity contribution < 1.29 is 17.0 Å². The Morgan fingerprint density at radius 2 is 2.00 bits per heavy atom. The second-order valence-electron chi connectivity index (χ2n) is 2.65. The predicted octanol–water partition coefficient (Wildman–Crippen LogP) is -3.18. The number of hydrogen-bond donors (Lipinski definition) is 0. The van der Waals surface area contributed by atoms with Crippen molar-refractivity contribution in [3.63, 3.8) is 0 Å². The maximum absolute atomic E-state index is 2.08. The Balaban J connectivity index is 0.000001000. The van der Waals surface area contributed by atoms with Crippen molar-refractivity contribution in [2.45, 2.75) is 6.92 Å². The fourth-order valence-electron chi connectivity index (χ4n) is 0.963. The van der Waals surface area contributed by atoms with Gasteiger partial charge in [0.1, 0.15) is 6.20 Å². The van der Waals surface area contributed by atoms with Gasteiger partial charge >= 0.3 is 0 Å². The molecule has 0 radical (unpaired) electrons. The molecule has 0 aromatic carbocycles. The molecule has 0 saturated carbocycles. The van der Waals surface area contributed by atoms with E-state index in [1.807, 2.05) is 38.5 Å². The Hall–Kier alpha value is -0.700. The van der Waals surface area contributed by atoms with Gasteiger partial charge in [-0.15, -0.1) is 4.68 Å². The van der Waals surface area contributed by atoms with Gasteiger partial charge in [0, 0.05) is 21.0 Å². The summed E-state index contributed by atoms with van der Waals surface area (Å²) in [5.41, 5.74) is 0. The van der Waals surface area contributed by atoms with Crippen LogP contribution in [0.5, 0.6) is 0 Å². The van der Waals surface area contributed by atoms with E-state index in [2.05, 4.69) is 16.2 Å². The molecule has 1 heterocycles. The van der Waals surface area contributed by atoms with Crippen molar-refractivity contribution in [2.75, 3.05) is 19.1 Å². The van der Waals surface area contributed by atoms with Crippen molar-refractivity contribution in [2.24, 2.45) is 7.05 Å². The van der Waals surface area contributed by atoms with Crippen molar-refractivity contribution in [3.05, 3.63) is 18.2 Å². The molecule has 11 heavy (non-hydrogen) atoms. The van der Waals surface area contributed by atoms with Crippen LogP contribution in [0, 0.1) is 6.92 Å². The number of hydrogen-bond acceptors (Lipinski definition) is 1. The third-order valence-electron chi connectivity index (χ3n) is 1.70. The molecular formula is C7H14ClN3. The van der Waals surface area contributed by atoms with Gasteiger partial charge in [0.15, 0.2) is 6.20 Å². The third-order valence-corrected chi connectivity index (χ3v) is 1.70. The fraction of sp³-hybridized carbons (Fsp3) is 0.571. The number of halogens is 1. The van der Waals surface area contributed by atoms with E-state index in [0.717, 1.165) is 0 Å². The molecule has 3 nitrogen and oxygen atoms in total. The van der Waals surface area contributed by atoms with Crippen LogP contribution in [0.15, 0.2) is 12.4 Å². The first kappa shape index (κ1) is 10.3. The van der Waals surface area contributed by atoms with Gasteiger partial charge in [-0.3, -0.25) is 0 Å². The highest BCUT2D eigenvalue weighted by molar-refractivity contribution is 4.86. The van der Waals surface area contributed by atoms with Gasteiger partial charge in [-0.05, 0) is 0 Å². The predicted molar refractivity (Wildman–Crippen MR) is 40.4 cm³/mol. The molecule has 1 aromatic rings. The molecule has 0 spiro atoms. The largest absolute Gasteiger partial charge is 1.00 e. The highest BCUT2D eigenvalue weighted by Gasteiger charge is 2.08. The maximum Gasteiger partial charge on any atom is 0.276 e. The van der Waals surface area contributed by atoms with Crippen molar-refractivity contribution in [3.8, 4) is 0 Å². The van der Waals surface area contributed by atoms with Gasteiger partial charge in [-0.2, -0.15) is 0 Å². The molecule has 0 aliphatic rings. The normalized spacial score (nSPS) is 9.09. The second kappa shape index (κ2) is 3.62. The van der Waals surface area contributed by atoms with E-state index in [9.17, 15) is 0 Å². The van der Waals surface area contributed by atoms with Crippen molar-refractivity contribution >= 4 is 0 Å². The molecule has 0 fully saturated rings. The van der Waals surface area contributed by atoms with E-state index < -0.39 is 0 Å². The summed E-state index contributed by atoms with van der Waals surface area (Å²) < 4.78 is 4.17. The third kappa shape index (κ3) is 1.87. The Morgan fingerprint density at radius 1 is 1.45 bits per heavy atom. The van der Waals surface area contributed by atoms with Crippen LogP contribution in [0.4, 0.5) is 0 Å². The molecule has 1 rings (SSSR count). The minimum absolute atomic E-state index is 0. The molecule has 0 unspecified atom stereocenters. The zero-order valence-electron chi connectivity index (χ0n) is 7.37. The summed E-state index contributed by atoms with van der Waals surface area (Å²) in [6, 6.07) is 0. The van der Waals surface area contributed by atoms with Crippen LogP contribution in [0.25, 0.3) is 0 Å². The number of nitrogens with zero attached hydrogens (tertiary/aromatic N) is 3. The second-order valence-corrected chi connectivity index (χ2v) is 2.65. The summed E-state index contributed by atoms with van der Waals surface area (Å²) >= 11 is 0. The quantitative estimate of drug-likeness (QED) is 0.410. The molecule has 0 N–H and O–H groups in total. The van der Waals surface area contributed by atoms with E-state index in [1.165, 1.54) is 5.82 Å². The summed E-state index contributed by atoms with van der Waals surface area (Å²) in [6.45, 7) is 2.08. The van der Waals surface area contributed by atoms with Gasteiger partial charge in [-0.25, -0.2) is 9.58 Å². The number of imidazole rings is 1. The fourth-order valence-corrected chi connectivity index (χ4v) is 0.963. The Bertz CT molecular complexity index is 230. The lowest BCUT2D eigenvalue weighted by Crippen LogP contribution is -3.00. The number of aromatic nitrogens is 2. The Morgan fingerprint density at radius 3 is 2.18 bits per heavy atom. The maximum atomic E-state index is 2.08. The lowest BCUT2D eigenvalue weighted by Gasteiger charge is -2.07. The topological polar surface area (TPSA) is 12.1 Å². The van der Waals surface area contributed by atoms with Gasteiger partial charge in [0.25, 0.3) is 5.82 Å². The average molecular weight is 176 g/mol. The van der Waals surface area contributed by atoms with E-state index in [-0.39, 0.29) is 12.4 Å². The first-order valence-electron chi connectivity index (χ1n) is 3.34. The van der Waals surface area contributed by atoms with Crippen LogP contribution in [0.2, 0.25) is 0 Å². The monoisotopic (exact) mass is 175 g/mol. The van der Waals surface area contributed by atoms with Crippen LogP contribution in [0.3, 0.4) is 0 Å². The molecule has 0 bridgehead atoms. The highest BCUT2D eigenvalue weighted by Crippen LogP contribution is 1.89. The molecule has 64 valence electrons. The minimum Gasteiger partial charge on any atom is -1.00 e. The van der Waals surface area contributed by atoms with Gasteiger partial charge in [0.2, 0.25) is 0 Å². The van der Waals surface area contributed by atoms with E-state index in [0.29, 0.717) is 0 Å². The molecule has 0 aliphatic heterocycles. The molecule has 0 aliphatic carbocycles. The first-order chi connectivity index (χ1) is 4.63. The molecule has 0 amide bonds. The summed E-state index contributed by atoms with van der Waals surface area (Å²) in [6.07, 6.45) is 4.07. The molecule has 0 saturated heterocycles. The lowest BCUT2D eigenvalue weighted by atomic mass is 10.7. The SMILES string of the molecule is Cc1n(N(C)C)cc[n+]1C.[Cl-]. The van der Waals surface area contributed by atoms with Gasteiger partial charge in [0.05, 0.1) is 7.05 Å². The van der Waals surface area contributed by atoms with Crippen molar-refractivity contribution in [1.82, 2.24) is 4.68 Å². The van der Waals surface area contributed by atoms with Crippen LogP contribution in [-0.4, -0.2) is 18.8 Å². The zero-order valence-corrected chi connectivity index (χ0v) is 8.13. The zero-order chi connectivity index (χ0) is 7.72. The van der Waals surface area contributed by atoms with E-state index in [1.54, 1.807) is 0 Å². The Labute approximate surface area is 73.6 Å². The Kier molecular flexibility index (Phi) is 3.39. The molecule has 0 atom stereocenters. The molecule has 4 heteroatoms. The van der Waals surface area contributed by atoms with E-state index >= 15 is 0 Å². The highest BCUT2D eigenvalue weighted by atomic mass is 35.5. The van der Waals surface area contributed by atoms with Crippen LogP contribution >= 0.6 is 0 Å². The minimum atomic E-state index is 0. The molecular weight excluding hydrogens is 162 g/mol. The summed E-state index contributed by atoms with van der Waals surface area (Å²) in [5.74, 6) is 1.23. The van der Waals surface area contributed by atoms with Gasteiger partial charge in [-0.1, -0.05) is 0 Å². The van der Waals surface area contributed by atoms with Crippen LogP contribution in [0.1, 0.15) is 5.82 Å². The standard InChI is InChI=1S/C7H14N3.ClH/c1-7-9(4)5-6-10(7)8(2)3;/h5-6H,1-4H3;1H/q+1;/p-1. The van der Waals surface area contributed by atoms with Crippen LogP contribution in [-0.2, 0) is 7.05 Å². The number of rotatable bonds is 1. The summed E-state index contributed by atoms with van der Waals surface area (Å²) in [5, 5.41) is 2.04. The van der Waals surface area contributed by atoms with Crippen molar-refractivity contribution in [1.29, 1.82) is 0 Å².